The van der Waals surface area contributed by atoms with Crippen molar-refractivity contribution < 1.29 is 13.9 Å². The largest absolute Gasteiger partial charge is 0.394 e. The summed E-state index contributed by atoms with van der Waals surface area (Å²) in [4.78, 5) is 11.8. The maximum absolute atomic E-state index is 13.5. The Kier molecular flexibility index (Phi) is 4.87. The lowest BCUT2D eigenvalue weighted by Gasteiger charge is -2.10. The van der Waals surface area contributed by atoms with Crippen molar-refractivity contribution in [3.05, 3.63) is 57.0 Å². The van der Waals surface area contributed by atoms with Gasteiger partial charge in [0, 0.05) is 18.2 Å². The minimum absolute atomic E-state index is 0.0248. The number of aliphatic hydroxyl groups excluding tert-OH is 1. The first-order chi connectivity index (χ1) is 10.0. The molecule has 0 radical (unpaired) electrons. The van der Waals surface area contributed by atoms with Crippen molar-refractivity contribution in [1.82, 2.24) is 9.78 Å². The van der Waals surface area contributed by atoms with Crippen LogP contribution in [-0.4, -0.2) is 21.5 Å². The van der Waals surface area contributed by atoms with Crippen LogP contribution in [0.3, 0.4) is 0 Å². The number of aromatic nitrogens is 2. The second kappa shape index (κ2) is 6.64. The minimum atomic E-state index is -0.694. The molecule has 1 heterocycles. The standard InChI is InChI=1S/C13H12ClF2N3O2/c14-12-11(7-18-19(3-4-20)13(12)21)17-6-8-1-2-9(15)5-10(8)16/h1-2,5,7,17,20H,3-4,6H2. The number of nitrogens with one attached hydrogen (secondary N) is 1. The summed E-state index contributed by atoms with van der Waals surface area (Å²) in [5.41, 5.74) is -0.0955. The van der Waals surface area contributed by atoms with Crippen LogP contribution in [0.5, 0.6) is 0 Å². The zero-order chi connectivity index (χ0) is 15.4. The van der Waals surface area contributed by atoms with Gasteiger partial charge in [0.25, 0.3) is 5.56 Å². The van der Waals surface area contributed by atoms with E-state index in [-0.39, 0.29) is 36.0 Å². The lowest BCUT2D eigenvalue weighted by Crippen LogP contribution is -2.25. The molecule has 0 amide bonds. The second-order valence-corrected chi connectivity index (χ2v) is 4.59. The number of anilines is 1. The van der Waals surface area contributed by atoms with E-state index in [1.165, 1.54) is 12.3 Å². The Balaban J connectivity index is 2.17. The Morgan fingerprint density at radius 3 is 2.81 bits per heavy atom. The van der Waals surface area contributed by atoms with Gasteiger partial charge in [-0.1, -0.05) is 17.7 Å². The smallest absolute Gasteiger partial charge is 0.287 e. The number of halogens is 3. The van der Waals surface area contributed by atoms with Crippen LogP contribution < -0.4 is 10.9 Å². The molecule has 2 N–H and O–H groups in total. The molecule has 8 heteroatoms. The van der Waals surface area contributed by atoms with E-state index < -0.39 is 17.2 Å². The monoisotopic (exact) mass is 315 g/mol. The molecule has 0 aliphatic carbocycles. The second-order valence-electron chi connectivity index (χ2n) is 4.21. The Hall–Kier alpha value is -1.99. The van der Waals surface area contributed by atoms with Crippen molar-refractivity contribution in [3.63, 3.8) is 0 Å². The van der Waals surface area contributed by atoms with Crippen LogP contribution in [-0.2, 0) is 13.1 Å². The van der Waals surface area contributed by atoms with E-state index in [4.69, 9.17) is 16.7 Å². The van der Waals surface area contributed by atoms with Crippen LogP contribution in [0.2, 0.25) is 5.02 Å². The molecule has 1 aromatic carbocycles. The Morgan fingerprint density at radius 2 is 2.14 bits per heavy atom. The fraction of sp³-hybridized carbons (Fsp3) is 0.231. The summed E-state index contributed by atoms with van der Waals surface area (Å²) in [5.74, 6) is -1.36. The third-order valence-corrected chi connectivity index (χ3v) is 3.15. The third-order valence-electron chi connectivity index (χ3n) is 2.78. The predicted octanol–water partition coefficient (Wildman–Crippen LogP) is 1.78. The molecule has 2 rings (SSSR count). The predicted molar refractivity (Wildman–Crippen MR) is 74.3 cm³/mol. The first kappa shape index (κ1) is 15.4. The highest BCUT2D eigenvalue weighted by Crippen LogP contribution is 2.17. The van der Waals surface area contributed by atoms with Gasteiger partial charge in [0.05, 0.1) is 25.0 Å². The van der Waals surface area contributed by atoms with Gasteiger partial charge in [-0.15, -0.1) is 0 Å². The molecular formula is C13H12ClF2N3O2. The number of benzene rings is 1. The van der Waals surface area contributed by atoms with Crippen molar-refractivity contribution in [1.29, 1.82) is 0 Å². The lowest BCUT2D eigenvalue weighted by atomic mass is 10.2. The van der Waals surface area contributed by atoms with Gasteiger partial charge in [0.15, 0.2) is 0 Å². The number of aliphatic hydroxyl groups is 1. The molecule has 0 bridgehead atoms. The Labute approximate surface area is 123 Å². The average Bonchev–Trinajstić information content (AvgIpc) is 2.45. The quantitative estimate of drug-likeness (QED) is 0.882. The summed E-state index contributed by atoms with van der Waals surface area (Å²) in [6, 6.07) is 3.21. The number of rotatable bonds is 5. The fourth-order valence-corrected chi connectivity index (χ4v) is 1.91. The van der Waals surface area contributed by atoms with Crippen LogP contribution in [0.15, 0.2) is 29.2 Å². The van der Waals surface area contributed by atoms with Crippen molar-refractivity contribution in [3.8, 4) is 0 Å². The Morgan fingerprint density at radius 1 is 1.38 bits per heavy atom. The fourth-order valence-electron chi connectivity index (χ4n) is 1.70. The molecule has 0 spiro atoms. The van der Waals surface area contributed by atoms with E-state index >= 15 is 0 Å². The Bertz CT molecular complexity index is 706. The van der Waals surface area contributed by atoms with Crippen molar-refractivity contribution >= 4 is 17.3 Å². The van der Waals surface area contributed by atoms with E-state index in [2.05, 4.69) is 10.4 Å². The molecular weight excluding hydrogens is 304 g/mol. The van der Waals surface area contributed by atoms with Gasteiger partial charge in [0.2, 0.25) is 0 Å². The highest BCUT2D eigenvalue weighted by atomic mass is 35.5. The SMILES string of the molecule is O=c1c(Cl)c(NCc2ccc(F)cc2F)cnn1CCO. The van der Waals surface area contributed by atoms with E-state index in [0.717, 1.165) is 16.8 Å². The zero-order valence-electron chi connectivity index (χ0n) is 10.8. The molecule has 0 saturated carbocycles. The molecule has 0 atom stereocenters. The zero-order valence-corrected chi connectivity index (χ0v) is 11.6. The lowest BCUT2D eigenvalue weighted by molar-refractivity contribution is 0.266. The van der Waals surface area contributed by atoms with Gasteiger partial charge >= 0.3 is 0 Å². The van der Waals surface area contributed by atoms with Gasteiger partial charge in [-0.05, 0) is 6.07 Å². The van der Waals surface area contributed by atoms with Crippen LogP contribution >= 0.6 is 11.6 Å². The van der Waals surface area contributed by atoms with Crippen molar-refractivity contribution in [2.24, 2.45) is 0 Å². The molecule has 0 saturated heterocycles. The van der Waals surface area contributed by atoms with Gasteiger partial charge in [-0.25, -0.2) is 13.5 Å². The summed E-state index contributed by atoms with van der Waals surface area (Å²) < 4.78 is 27.3. The van der Waals surface area contributed by atoms with Gasteiger partial charge in [-0.2, -0.15) is 5.10 Å². The van der Waals surface area contributed by atoms with E-state index in [1.54, 1.807) is 0 Å². The van der Waals surface area contributed by atoms with Crippen LogP contribution in [0, 0.1) is 11.6 Å². The first-order valence-corrected chi connectivity index (χ1v) is 6.45. The van der Waals surface area contributed by atoms with Crippen molar-refractivity contribution in [2.45, 2.75) is 13.1 Å². The normalized spacial score (nSPS) is 10.7. The maximum Gasteiger partial charge on any atom is 0.287 e. The summed E-state index contributed by atoms with van der Waals surface area (Å²) in [5, 5.41) is 15.3. The molecule has 1 aromatic heterocycles. The summed E-state index contributed by atoms with van der Waals surface area (Å²) in [7, 11) is 0. The van der Waals surface area contributed by atoms with Crippen LogP contribution in [0.1, 0.15) is 5.56 Å². The highest BCUT2D eigenvalue weighted by molar-refractivity contribution is 6.32. The molecule has 0 fully saturated rings. The summed E-state index contributed by atoms with van der Waals surface area (Å²) >= 11 is 5.89. The first-order valence-electron chi connectivity index (χ1n) is 6.07. The maximum atomic E-state index is 13.5. The highest BCUT2D eigenvalue weighted by Gasteiger charge is 2.10. The summed E-state index contributed by atoms with van der Waals surface area (Å²) in [6.45, 7) is -0.181. The topological polar surface area (TPSA) is 67.2 Å². The number of hydrogen-bond donors (Lipinski definition) is 2. The van der Waals surface area contributed by atoms with Gasteiger partial charge in [0.1, 0.15) is 16.7 Å². The summed E-state index contributed by atoms with van der Waals surface area (Å²) in [6.07, 6.45) is 1.31. The third kappa shape index (κ3) is 3.56. The molecule has 21 heavy (non-hydrogen) atoms. The number of nitrogens with zero attached hydrogens (tertiary/aromatic N) is 2. The number of hydrogen-bond acceptors (Lipinski definition) is 4. The van der Waals surface area contributed by atoms with Gasteiger partial charge < -0.3 is 10.4 Å². The van der Waals surface area contributed by atoms with Gasteiger partial charge in [-0.3, -0.25) is 4.79 Å². The molecule has 2 aromatic rings. The molecule has 0 unspecified atom stereocenters. The van der Waals surface area contributed by atoms with E-state index in [0.29, 0.717) is 0 Å². The van der Waals surface area contributed by atoms with Crippen molar-refractivity contribution in [2.75, 3.05) is 11.9 Å². The van der Waals surface area contributed by atoms with E-state index in [9.17, 15) is 13.6 Å². The van der Waals surface area contributed by atoms with Crippen LogP contribution in [0.4, 0.5) is 14.5 Å². The molecule has 0 aliphatic heterocycles. The van der Waals surface area contributed by atoms with E-state index in [1.807, 2.05) is 0 Å². The average molecular weight is 316 g/mol. The van der Waals surface area contributed by atoms with Crippen LogP contribution in [0.25, 0.3) is 0 Å². The minimum Gasteiger partial charge on any atom is -0.394 e. The molecule has 5 nitrogen and oxygen atoms in total. The molecule has 0 aliphatic rings. The molecule has 112 valence electrons.